The summed E-state index contributed by atoms with van der Waals surface area (Å²) < 4.78 is 0. The van der Waals surface area contributed by atoms with Crippen molar-refractivity contribution in [3.63, 3.8) is 0 Å². The predicted molar refractivity (Wildman–Crippen MR) is 142 cm³/mol. The SMILES string of the molecule is C=C(CC[C@@H](C(=O)O)[C@H]1[C@H](O)C[C@@]2(CO)C3=C[C@H](O)[C@H]4C(C)(C)C(=O)CC[C@]4(C)C3=CC[C@]12C)C(C)C. The second-order valence-corrected chi connectivity index (χ2v) is 13.7. The van der Waals surface area contributed by atoms with Crippen LogP contribution in [0.5, 0.6) is 0 Å². The Kier molecular flexibility index (Phi) is 7.00. The normalized spacial score (nSPS) is 41.3. The second-order valence-electron chi connectivity index (χ2n) is 13.7. The fourth-order valence-corrected chi connectivity index (χ4v) is 9.00. The zero-order valence-corrected chi connectivity index (χ0v) is 23.4. The number of carbonyl (C=O) groups excluding carboxylic acids is 1. The van der Waals surface area contributed by atoms with E-state index in [1.165, 1.54) is 0 Å². The lowest BCUT2D eigenvalue weighted by Gasteiger charge is -2.60. The van der Waals surface area contributed by atoms with Gasteiger partial charge in [0.25, 0.3) is 0 Å². The van der Waals surface area contributed by atoms with E-state index < -0.39 is 51.7 Å². The van der Waals surface area contributed by atoms with Gasteiger partial charge in [-0.3, -0.25) is 9.59 Å². The second kappa shape index (κ2) is 9.17. The molecule has 206 valence electrons. The number of carboxylic acids is 1. The van der Waals surface area contributed by atoms with Gasteiger partial charge in [0.15, 0.2) is 0 Å². The van der Waals surface area contributed by atoms with Crippen molar-refractivity contribution >= 4 is 11.8 Å². The Balaban J connectivity index is 1.81. The molecule has 4 aliphatic rings. The summed E-state index contributed by atoms with van der Waals surface area (Å²) >= 11 is 0. The summed E-state index contributed by atoms with van der Waals surface area (Å²) in [5, 5.41) is 44.3. The van der Waals surface area contributed by atoms with Crippen LogP contribution in [0, 0.1) is 45.3 Å². The Labute approximate surface area is 221 Å². The van der Waals surface area contributed by atoms with Crippen molar-refractivity contribution in [3.8, 4) is 0 Å². The molecule has 0 radical (unpaired) electrons. The van der Waals surface area contributed by atoms with Gasteiger partial charge in [-0.1, -0.05) is 65.8 Å². The van der Waals surface area contributed by atoms with Gasteiger partial charge < -0.3 is 20.4 Å². The maximum atomic E-state index is 12.9. The smallest absolute Gasteiger partial charge is 0.306 e. The lowest BCUT2D eigenvalue weighted by molar-refractivity contribution is -0.149. The Morgan fingerprint density at radius 2 is 1.81 bits per heavy atom. The molecule has 8 atom stereocenters. The van der Waals surface area contributed by atoms with E-state index in [1.807, 2.05) is 40.7 Å². The van der Waals surface area contributed by atoms with Crippen molar-refractivity contribution in [3.05, 3.63) is 35.5 Å². The van der Waals surface area contributed by atoms with Crippen molar-refractivity contribution in [2.45, 2.75) is 92.3 Å². The van der Waals surface area contributed by atoms with Crippen LogP contribution in [0.25, 0.3) is 0 Å². The molecule has 0 aliphatic heterocycles. The Hall–Kier alpha value is -1.76. The Bertz CT molecular complexity index is 1050. The van der Waals surface area contributed by atoms with Crippen LogP contribution in [0.15, 0.2) is 35.5 Å². The maximum absolute atomic E-state index is 12.9. The molecule has 0 bridgehead atoms. The van der Waals surface area contributed by atoms with E-state index in [-0.39, 0.29) is 30.6 Å². The van der Waals surface area contributed by atoms with Crippen LogP contribution >= 0.6 is 0 Å². The molecule has 0 unspecified atom stereocenters. The zero-order chi connectivity index (χ0) is 27.7. The van der Waals surface area contributed by atoms with Gasteiger partial charge in [0.05, 0.1) is 24.7 Å². The summed E-state index contributed by atoms with van der Waals surface area (Å²) in [5.74, 6) is -2.13. The van der Waals surface area contributed by atoms with E-state index in [0.29, 0.717) is 32.1 Å². The van der Waals surface area contributed by atoms with Crippen LogP contribution in [0.4, 0.5) is 0 Å². The van der Waals surface area contributed by atoms with E-state index in [1.54, 1.807) is 0 Å². The summed E-state index contributed by atoms with van der Waals surface area (Å²) in [5.41, 5.74) is 0.184. The number of fused-ring (bicyclic) bond motifs is 5. The third kappa shape index (κ3) is 3.84. The third-order valence-electron chi connectivity index (χ3n) is 11.3. The van der Waals surface area contributed by atoms with Gasteiger partial charge >= 0.3 is 5.97 Å². The van der Waals surface area contributed by atoms with Crippen LogP contribution < -0.4 is 0 Å². The number of allylic oxidation sites excluding steroid dienone is 3. The molecule has 0 aromatic carbocycles. The lowest BCUT2D eigenvalue weighted by atomic mass is 9.43. The highest BCUT2D eigenvalue weighted by atomic mass is 16.4. The molecule has 0 heterocycles. The minimum absolute atomic E-state index is 0.160. The Morgan fingerprint density at radius 3 is 2.38 bits per heavy atom. The standard InChI is InChI=1S/C31H46O6/c1-17(2)18(3)8-9-19(27(36)37)25-23(34)15-31(16-32)21-14-22(33)26-28(4,5)24(35)11-12-29(26,6)20(21)10-13-30(25,31)7/h10,14,17,19,22-23,25-26,32-34H,3,8-9,11-13,15-16H2,1-2,4-7H3,(H,36,37)/t19-,22+,23-,25+,26+,29-,30-,31-/m1/s1. The number of carboxylic acid groups (broad SMARTS) is 1. The van der Waals surface area contributed by atoms with Crippen molar-refractivity contribution < 1.29 is 30.0 Å². The van der Waals surface area contributed by atoms with E-state index in [9.17, 15) is 30.0 Å². The summed E-state index contributed by atoms with van der Waals surface area (Å²) in [6.07, 6.45) is 5.02. The van der Waals surface area contributed by atoms with Crippen molar-refractivity contribution in [2.75, 3.05) is 6.61 Å². The molecule has 0 saturated heterocycles. The molecular weight excluding hydrogens is 468 g/mol. The van der Waals surface area contributed by atoms with E-state index >= 15 is 0 Å². The van der Waals surface area contributed by atoms with E-state index in [4.69, 9.17) is 0 Å². The predicted octanol–water partition coefficient (Wildman–Crippen LogP) is 4.69. The molecular formula is C31H46O6. The van der Waals surface area contributed by atoms with Crippen LogP contribution in [0.2, 0.25) is 0 Å². The quantitative estimate of drug-likeness (QED) is 0.367. The number of aliphatic carboxylic acids is 1. The molecule has 6 nitrogen and oxygen atoms in total. The first-order valence-electron chi connectivity index (χ1n) is 13.9. The van der Waals surface area contributed by atoms with Crippen LogP contribution in [0.3, 0.4) is 0 Å². The highest BCUT2D eigenvalue weighted by Gasteiger charge is 2.69. The first kappa shape index (κ1) is 28.3. The van der Waals surface area contributed by atoms with Crippen LogP contribution in [-0.2, 0) is 9.59 Å². The maximum Gasteiger partial charge on any atom is 0.306 e. The van der Waals surface area contributed by atoms with Crippen molar-refractivity contribution in [2.24, 2.45) is 45.3 Å². The molecule has 4 N–H and O–H groups in total. The van der Waals surface area contributed by atoms with Crippen molar-refractivity contribution in [1.29, 1.82) is 0 Å². The summed E-state index contributed by atoms with van der Waals surface area (Å²) in [6.45, 7) is 16.0. The monoisotopic (exact) mass is 514 g/mol. The Morgan fingerprint density at radius 1 is 1.16 bits per heavy atom. The first-order chi connectivity index (χ1) is 17.1. The van der Waals surface area contributed by atoms with Gasteiger partial charge in [0.1, 0.15) is 5.78 Å². The third-order valence-corrected chi connectivity index (χ3v) is 11.3. The van der Waals surface area contributed by atoms with E-state index in [0.717, 1.165) is 16.7 Å². The molecule has 2 saturated carbocycles. The van der Waals surface area contributed by atoms with Gasteiger partial charge in [-0.05, 0) is 60.0 Å². The number of aliphatic hydroxyl groups excluding tert-OH is 3. The number of aliphatic hydroxyl groups is 3. The van der Waals surface area contributed by atoms with Gasteiger partial charge in [0.2, 0.25) is 0 Å². The van der Waals surface area contributed by atoms with E-state index in [2.05, 4.69) is 19.6 Å². The van der Waals surface area contributed by atoms with Gasteiger partial charge in [-0.25, -0.2) is 0 Å². The number of ketones is 1. The highest BCUT2D eigenvalue weighted by Crippen LogP contribution is 2.71. The number of carbonyl (C=O) groups is 2. The molecule has 4 rings (SSSR count). The number of Topliss-reactive ketones (excluding diaryl/α,β-unsaturated/α-hetero) is 1. The zero-order valence-electron chi connectivity index (χ0n) is 23.4. The molecule has 2 fully saturated rings. The fourth-order valence-electron chi connectivity index (χ4n) is 9.00. The fraction of sp³-hybridized carbons (Fsp3) is 0.742. The minimum Gasteiger partial charge on any atom is -0.481 e. The highest BCUT2D eigenvalue weighted by molar-refractivity contribution is 5.86. The van der Waals surface area contributed by atoms with Gasteiger partial charge in [0, 0.05) is 29.1 Å². The molecule has 0 aromatic heterocycles. The largest absolute Gasteiger partial charge is 0.481 e. The molecule has 6 heteroatoms. The van der Waals surface area contributed by atoms with Gasteiger partial charge in [-0.2, -0.15) is 0 Å². The number of hydrogen-bond acceptors (Lipinski definition) is 5. The minimum atomic E-state index is -0.928. The number of hydrogen-bond donors (Lipinski definition) is 4. The average molecular weight is 515 g/mol. The van der Waals surface area contributed by atoms with Crippen molar-refractivity contribution in [1.82, 2.24) is 0 Å². The molecule has 37 heavy (non-hydrogen) atoms. The number of rotatable bonds is 7. The first-order valence-corrected chi connectivity index (χ1v) is 13.9. The summed E-state index contributed by atoms with van der Waals surface area (Å²) in [4.78, 5) is 25.5. The van der Waals surface area contributed by atoms with Gasteiger partial charge in [-0.15, -0.1) is 0 Å². The average Bonchev–Trinajstić information content (AvgIpc) is 3.03. The topological polar surface area (TPSA) is 115 Å². The summed E-state index contributed by atoms with van der Waals surface area (Å²) in [6, 6.07) is 0. The lowest BCUT2D eigenvalue weighted by Crippen LogP contribution is -2.58. The summed E-state index contributed by atoms with van der Waals surface area (Å²) in [7, 11) is 0. The molecule has 0 spiro atoms. The molecule has 0 amide bonds. The van der Waals surface area contributed by atoms with Crippen LogP contribution in [0.1, 0.15) is 80.1 Å². The molecule has 4 aliphatic carbocycles. The van der Waals surface area contributed by atoms with Crippen LogP contribution in [-0.4, -0.2) is 51.0 Å². The molecule has 0 aromatic rings.